The zero-order valence-electron chi connectivity index (χ0n) is 10.7. The quantitative estimate of drug-likeness (QED) is 0.858. The summed E-state index contributed by atoms with van der Waals surface area (Å²) in [6.07, 6.45) is 1.41. The van der Waals surface area contributed by atoms with Crippen molar-refractivity contribution in [1.29, 1.82) is 0 Å². The van der Waals surface area contributed by atoms with E-state index in [-0.39, 0.29) is 17.7 Å². The van der Waals surface area contributed by atoms with Gasteiger partial charge < -0.3 is 10.6 Å². The van der Waals surface area contributed by atoms with Crippen LogP contribution in [0, 0.1) is 11.8 Å². The summed E-state index contributed by atoms with van der Waals surface area (Å²) >= 11 is 0. The van der Waals surface area contributed by atoms with E-state index in [1.165, 1.54) is 0 Å². The molecule has 1 fully saturated rings. The van der Waals surface area contributed by atoms with Crippen LogP contribution in [0.4, 0.5) is 11.4 Å². The zero-order valence-corrected chi connectivity index (χ0v) is 10.7. The van der Waals surface area contributed by atoms with Crippen LogP contribution in [0.25, 0.3) is 0 Å². The molecule has 2 N–H and O–H groups in total. The summed E-state index contributed by atoms with van der Waals surface area (Å²) in [4.78, 5) is 23.1. The maximum atomic E-state index is 11.8. The highest BCUT2D eigenvalue weighted by Gasteiger charge is 2.39. The number of nitrogens with one attached hydrogen (secondary N) is 2. The lowest BCUT2D eigenvalue weighted by molar-refractivity contribution is -0.117. The van der Waals surface area contributed by atoms with Gasteiger partial charge in [-0.25, -0.2) is 0 Å². The van der Waals surface area contributed by atoms with E-state index in [0.717, 1.165) is 12.1 Å². The maximum absolute atomic E-state index is 11.8. The molecule has 4 heteroatoms. The van der Waals surface area contributed by atoms with Crippen molar-refractivity contribution >= 4 is 23.2 Å². The Bertz CT molecular complexity index is 471. The lowest BCUT2D eigenvalue weighted by Gasteiger charge is -2.08. The summed E-state index contributed by atoms with van der Waals surface area (Å²) in [5, 5.41) is 5.64. The average molecular weight is 246 g/mol. The first-order chi connectivity index (χ1) is 8.60. The minimum absolute atomic E-state index is 0.0331. The second-order valence-electron chi connectivity index (χ2n) is 4.79. The van der Waals surface area contributed by atoms with Crippen LogP contribution < -0.4 is 10.6 Å². The third-order valence-corrected chi connectivity index (χ3v) is 3.18. The number of amides is 2. The Hall–Kier alpha value is -1.84. The molecule has 0 spiro atoms. The van der Waals surface area contributed by atoms with Crippen LogP contribution in [-0.4, -0.2) is 11.8 Å². The van der Waals surface area contributed by atoms with Crippen molar-refractivity contribution in [2.75, 3.05) is 10.6 Å². The van der Waals surface area contributed by atoms with E-state index < -0.39 is 0 Å². The molecule has 0 radical (unpaired) electrons. The summed E-state index contributed by atoms with van der Waals surface area (Å²) in [7, 11) is 0. The second kappa shape index (κ2) is 5.21. The van der Waals surface area contributed by atoms with Gasteiger partial charge in [-0.05, 0) is 30.5 Å². The lowest BCUT2D eigenvalue weighted by Crippen LogP contribution is -2.15. The van der Waals surface area contributed by atoms with E-state index in [1.807, 2.05) is 18.2 Å². The Morgan fingerprint density at radius 2 is 1.89 bits per heavy atom. The van der Waals surface area contributed by atoms with E-state index in [0.29, 0.717) is 18.0 Å². The highest BCUT2D eigenvalue weighted by molar-refractivity contribution is 5.96. The Morgan fingerprint density at radius 1 is 1.28 bits per heavy atom. The second-order valence-corrected chi connectivity index (χ2v) is 4.79. The van der Waals surface area contributed by atoms with Crippen LogP contribution in [0.2, 0.25) is 0 Å². The Kier molecular flexibility index (Phi) is 3.65. The monoisotopic (exact) mass is 246 g/mol. The molecule has 0 aromatic heterocycles. The number of carbonyl (C=O) groups excluding carboxylic acids is 2. The van der Waals surface area contributed by atoms with Gasteiger partial charge in [-0.2, -0.15) is 0 Å². The maximum Gasteiger partial charge on any atom is 0.227 e. The molecule has 2 atom stereocenters. The summed E-state index contributed by atoms with van der Waals surface area (Å²) in [5.74, 6) is 0.683. The van der Waals surface area contributed by atoms with Crippen molar-refractivity contribution in [2.24, 2.45) is 11.8 Å². The van der Waals surface area contributed by atoms with Crippen LogP contribution >= 0.6 is 0 Å². The molecule has 0 saturated heterocycles. The minimum atomic E-state index is -0.0331. The van der Waals surface area contributed by atoms with Crippen molar-refractivity contribution < 1.29 is 9.59 Å². The van der Waals surface area contributed by atoms with Gasteiger partial charge in [-0.15, -0.1) is 0 Å². The summed E-state index contributed by atoms with van der Waals surface area (Å²) in [6, 6.07) is 7.23. The van der Waals surface area contributed by atoms with Gasteiger partial charge in [-0.3, -0.25) is 9.59 Å². The standard InChI is InChI=1S/C14H18N2O2/c1-3-13(17)15-10-5-4-6-11(8-10)16-14(18)12-7-9(12)2/h4-6,8-9,12H,3,7H2,1-2H3,(H,15,17)(H,16,18)/t9-,12+/m1/s1. The molecule has 1 aliphatic rings. The summed E-state index contributed by atoms with van der Waals surface area (Å²) in [5.41, 5.74) is 1.44. The lowest BCUT2D eigenvalue weighted by atomic mass is 10.2. The number of benzene rings is 1. The van der Waals surface area contributed by atoms with Gasteiger partial charge in [0.25, 0.3) is 0 Å². The van der Waals surface area contributed by atoms with Crippen molar-refractivity contribution in [3.63, 3.8) is 0 Å². The number of anilines is 2. The van der Waals surface area contributed by atoms with E-state index in [9.17, 15) is 9.59 Å². The van der Waals surface area contributed by atoms with Crippen LogP contribution in [0.15, 0.2) is 24.3 Å². The molecule has 0 bridgehead atoms. The van der Waals surface area contributed by atoms with Crippen LogP contribution in [-0.2, 0) is 9.59 Å². The molecule has 2 amide bonds. The summed E-state index contributed by atoms with van der Waals surface area (Å²) in [6.45, 7) is 3.87. The van der Waals surface area contributed by atoms with Gasteiger partial charge in [-0.1, -0.05) is 19.9 Å². The predicted molar refractivity (Wildman–Crippen MR) is 71.3 cm³/mol. The smallest absolute Gasteiger partial charge is 0.227 e. The Balaban J connectivity index is 1.98. The highest BCUT2D eigenvalue weighted by atomic mass is 16.2. The first kappa shape index (κ1) is 12.6. The van der Waals surface area contributed by atoms with Crippen molar-refractivity contribution in [1.82, 2.24) is 0 Å². The van der Waals surface area contributed by atoms with E-state index >= 15 is 0 Å². The molecule has 1 aliphatic carbocycles. The van der Waals surface area contributed by atoms with Gasteiger partial charge in [0.1, 0.15) is 0 Å². The van der Waals surface area contributed by atoms with Crippen LogP contribution in [0.5, 0.6) is 0 Å². The van der Waals surface area contributed by atoms with Gasteiger partial charge in [0.2, 0.25) is 11.8 Å². The van der Waals surface area contributed by atoms with Crippen LogP contribution in [0.3, 0.4) is 0 Å². The number of hydrogen-bond donors (Lipinski definition) is 2. The van der Waals surface area contributed by atoms with E-state index in [2.05, 4.69) is 17.6 Å². The number of rotatable bonds is 4. The third-order valence-electron chi connectivity index (χ3n) is 3.18. The Labute approximate surface area is 107 Å². The molecule has 1 saturated carbocycles. The first-order valence-corrected chi connectivity index (χ1v) is 6.31. The third kappa shape index (κ3) is 3.09. The molecule has 0 unspecified atom stereocenters. The predicted octanol–water partition coefficient (Wildman–Crippen LogP) is 2.63. The molecule has 0 heterocycles. The largest absolute Gasteiger partial charge is 0.326 e. The molecular formula is C14H18N2O2. The molecule has 1 aromatic carbocycles. The average Bonchev–Trinajstić information content (AvgIpc) is 3.07. The van der Waals surface area contributed by atoms with Gasteiger partial charge >= 0.3 is 0 Å². The first-order valence-electron chi connectivity index (χ1n) is 6.31. The Morgan fingerprint density at radius 3 is 2.44 bits per heavy atom. The fourth-order valence-corrected chi connectivity index (χ4v) is 1.85. The van der Waals surface area contributed by atoms with Crippen molar-refractivity contribution in [2.45, 2.75) is 26.7 Å². The van der Waals surface area contributed by atoms with E-state index in [1.54, 1.807) is 13.0 Å². The molecule has 4 nitrogen and oxygen atoms in total. The number of carbonyl (C=O) groups is 2. The fraction of sp³-hybridized carbons (Fsp3) is 0.429. The molecular weight excluding hydrogens is 228 g/mol. The fourth-order valence-electron chi connectivity index (χ4n) is 1.85. The normalized spacial score (nSPS) is 21.2. The minimum Gasteiger partial charge on any atom is -0.326 e. The molecule has 96 valence electrons. The van der Waals surface area contributed by atoms with Gasteiger partial charge in [0.05, 0.1) is 0 Å². The van der Waals surface area contributed by atoms with Crippen LogP contribution in [0.1, 0.15) is 26.7 Å². The molecule has 2 rings (SSSR count). The van der Waals surface area contributed by atoms with Crippen molar-refractivity contribution in [3.05, 3.63) is 24.3 Å². The summed E-state index contributed by atoms with van der Waals surface area (Å²) < 4.78 is 0. The zero-order chi connectivity index (χ0) is 13.1. The van der Waals surface area contributed by atoms with E-state index in [4.69, 9.17) is 0 Å². The van der Waals surface area contributed by atoms with Gasteiger partial charge in [0.15, 0.2) is 0 Å². The molecule has 1 aromatic rings. The SMILES string of the molecule is CCC(=O)Nc1cccc(NC(=O)[C@H]2C[C@H]2C)c1. The highest BCUT2D eigenvalue weighted by Crippen LogP contribution is 2.38. The molecule has 18 heavy (non-hydrogen) atoms. The molecule has 0 aliphatic heterocycles. The van der Waals surface area contributed by atoms with Gasteiger partial charge in [0, 0.05) is 23.7 Å². The number of hydrogen-bond acceptors (Lipinski definition) is 2. The van der Waals surface area contributed by atoms with Crippen molar-refractivity contribution in [3.8, 4) is 0 Å². The topological polar surface area (TPSA) is 58.2 Å².